The molecular formula is C15H23IN4S2. The Labute approximate surface area is 157 Å². The zero-order valence-electron chi connectivity index (χ0n) is 13.3. The molecule has 0 fully saturated rings. The zero-order valence-corrected chi connectivity index (χ0v) is 17.3. The Kier molecular flexibility index (Phi) is 8.34. The van der Waals surface area contributed by atoms with E-state index in [9.17, 15) is 0 Å². The van der Waals surface area contributed by atoms with Gasteiger partial charge in [-0.25, -0.2) is 4.98 Å². The average Bonchev–Trinajstić information content (AvgIpc) is 3.08. The molecule has 7 heteroatoms. The summed E-state index contributed by atoms with van der Waals surface area (Å²) >= 11 is 3.50. The van der Waals surface area contributed by atoms with Gasteiger partial charge in [0.15, 0.2) is 5.96 Å². The first-order valence-electron chi connectivity index (χ1n) is 7.02. The van der Waals surface area contributed by atoms with Crippen molar-refractivity contribution in [3.63, 3.8) is 0 Å². The van der Waals surface area contributed by atoms with Crippen LogP contribution in [0.1, 0.15) is 40.2 Å². The summed E-state index contributed by atoms with van der Waals surface area (Å²) in [6.07, 6.45) is 0. The predicted octanol–water partition coefficient (Wildman–Crippen LogP) is 4.12. The van der Waals surface area contributed by atoms with E-state index in [4.69, 9.17) is 0 Å². The Hall–Kier alpha value is -0.670. The summed E-state index contributed by atoms with van der Waals surface area (Å²) in [5.74, 6) is 1.29. The van der Waals surface area contributed by atoms with E-state index >= 15 is 0 Å². The van der Waals surface area contributed by atoms with Crippen LogP contribution in [-0.2, 0) is 13.1 Å². The molecule has 122 valence electrons. The van der Waals surface area contributed by atoms with Crippen LogP contribution in [0.25, 0.3) is 0 Å². The fourth-order valence-corrected chi connectivity index (χ4v) is 3.53. The number of guanidine groups is 1. The molecule has 0 amide bonds. The molecule has 2 aromatic heterocycles. The van der Waals surface area contributed by atoms with Crippen molar-refractivity contribution in [2.75, 3.05) is 7.05 Å². The smallest absolute Gasteiger partial charge is 0.191 e. The number of rotatable bonds is 5. The molecule has 2 heterocycles. The molecule has 0 aliphatic heterocycles. The number of aromatic nitrogens is 1. The lowest BCUT2D eigenvalue weighted by Gasteiger charge is -2.09. The van der Waals surface area contributed by atoms with Gasteiger partial charge in [-0.2, -0.15) is 0 Å². The minimum atomic E-state index is 0. The van der Waals surface area contributed by atoms with Gasteiger partial charge >= 0.3 is 0 Å². The molecule has 0 unspecified atom stereocenters. The molecule has 0 spiro atoms. The summed E-state index contributed by atoms with van der Waals surface area (Å²) in [5.41, 5.74) is 1.16. The Bertz CT molecular complexity index is 604. The molecule has 4 nitrogen and oxygen atoms in total. The maximum absolute atomic E-state index is 4.61. The van der Waals surface area contributed by atoms with Crippen molar-refractivity contribution in [2.24, 2.45) is 4.99 Å². The van der Waals surface area contributed by atoms with Crippen LogP contribution in [0.4, 0.5) is 0 Å². The highest BCUT2D eigenvalue weighted by atomic mass is 127. The molecule has 0 aromatic carbocycles. The lowest BCUT2D eigenvalue weighted by atomic mass is 10.2. The predicted molar refractivity (Wildman–Crippen MR) is 108 cm³/mol. The van der Waals surface area contributed by atoms with E-state index < -0.39 is 0 Å². The number of hydrogen-bond acceptors (Lipinski definition) is 4. The van der Waals surface area contributed by atoms with Gasteiger partial charge in [0.25, 0.3) is 0 Å². The zero-order chi connectivity index (χ0) is 15.2. The van der Waals surface area contributed by atoms with E-state index in [-0.39, 0.29) is 24.0 Å². The van der Waals surface area contributed by atoms with Gasteiger partial charge in [-0.1, -0.05) is 13.8 Å². The monoisotopic (exact) mass is 450 g/mol. The topological polar surface area (TPSA) is 49.3 Å². The van der Waals surface area contributed by atoms with Crippen LogP contribution >= 0.6 is 46.7 Å². The fraction of sp³-hybridized carbons (Fsp3) is 0.467. The third-order valence-electron chi connectivity index (χ3n) is 3.02. The van der Waals surface area contributed by atoms with Gasteiger partial charge in [0, 0.05) is 22.2 Å². The summed E-state index contributed by atoms with van der Waals surface area (Å²) < 4.78 is 0. The fourth-order valence-electron chi connectivity index (χ4n) is 1.80. The van der Waals surface area contributed by atoms with E-state index in [2.05, 4.69) is 58.9 Å². The number of nitrogens with one attached hydrogen (secondary N) is 2. The van der Waals surface area contributed by atoms with E-state index in [0.29, 0.717) is 12.5 Å². The summed E-state index contributed by atoms with van der Waals surface area (Å²) in [5, 5.41) is 9.85. The maximum Gasteiger partial charge on any atom is 0.191 e. The van der Waals surface area contributed by atoms with Crippen molar-refractivity contribution >= 4 is 52.6 Å². The molecule has 0 aliphatic carbocycles. The molecule has 0 aliphatic rings. The van der Waals surface area contributed by atoms with Gasteiger partial charge in [0.05, 0.1) is 18.8 Å². The first kappa shape index (κ1) is 19.4. The first-order chi connectivity index (χ1) is 10.1. The van der Waals surface area contributed by atoms with Gasteiger partial charge < -0.3 is 10.6 Å². The van der Waals surface area contributed by atoms with Crippen molar-refractivity contribution < 1.29 is 0 Å². The molecule has 22 heavy (non-hydrogen) atoms. The van der Waals surface area contributed by atoms with Gasteiger partial charge in [0.1, 0.15) is 5.01 Å². The lowest BCUT2D eigenvalue weighted by molar-refractivity contribution is 0.788. The number of thiazole rings is 1. The Morgan fingerprint density at radius 3 is 2.55 bits per heavy atom. The second kappa shape index (κ2) is 9.46. The van der Waals surface area contributed by atoms with Crippen molar-refractivity contribution in [2.45, 2.75) is 39.8 Å². The molecule has 2 aromatic rings. The largest absolute Gasteiger partial charge is 0.352 e. The summed E-state index contributed by atoms with van der Waals surface area (Å²) in [6, 6.07) is 4.29. The average molecular weight is 450 g/mol. The number of thiophene rings is 1. The van der Waals surface area contributed by atoms with Gasteiger partial charge in [0.2, 0.25) is 0 Å². The highest BCUT2D eigenvalue weighted by Gasteiger charge is 2.06. The van der Waals surface area contributed by atoms with Crippen molar-refractivity contribution in [1.82, 2.24) is 15.6 Å². The lowest BCUT2D eigenvalue weighted by Crippen LogP contribution is -2.36. The molecule has 0 radical (unpaired) electrons. The second-order valence-electron chi connectivity index (χ2n) is 5.11. The third kappa shape index (κ3) is 5.85. The van der Waals surface area contributed by atoms with E-state index in [0.717, 1.165) is 23.2 Å². The molecule has 2 rings (SSSR count). The molecule has 0 bridgehead atoms. The molecule has 2 N–H and O–H groups in total. The Morgan fingerprint density at radius 2 is 2.00 bits per heavy atom. The van der Waals surface area contributed by atoms with Crippen molar-refractivity contribution in [1.29, 1.82) is 0 Å². The standard InChI is InChI=1S/C15H22N4S2.HI/c1-10(2)13-9-20-14(19-13)8-18-15(16-4)17-7-12-6-5-11(3)21-12;/h5-6,9-10H,7-8H2,1-4H3,(H2,16,17,18);1H. The quantitative estimate of drug-likeness (QED) is 0.410. The van der Waals surface area contributed by atoms with E-state index in [1.54, 1.807) is 29.7 Å². The number of hydrogen-bond donors (Lipinski definition) is 2. The van der Waals surface area contributed by atoms with Gasteiger partial charge in [-0.15, -0.1) is 46.7 Å². The summed E-state index contributed by atoms with van der Waals surface area (Å²) in [4.78, 5) is 11.5. The minimum absolute atomic E-state index is 0. The number of nitrogens with zero attached hydrogens (tertiary/aromatic N) is 2. The summed E-state index contributed by atoms with van der Waals surface area (Å²) in [7, 11) is 1.79. The van der Waals surface area contributed by atoms with Crippen molar-refractivity contribution in [3.05, 3.63) is 38.0 Å². The van der Waals surface area contributed by atoms with Crippen LogP contribution < -0.4 is 10.6 Å². The highest BCUT2D eigenvalue weighted by molar-refractivity contribution is 14.0. The Morgan fingerprint density at radius 1 is 1.27 bits per heavy atom. The van der Waals surface area contributed by atoms with Crippen LogP contribution in [0.2, 0.25) is 0 Å². The van der Waals surface area contributed by atoms with E-state index in [1.165, 1.54) is 9.75 Å². The highest BCUT2D eigenvalue weighted by Crippen LogP contribution is 2.17. The molecule has 0 saturated heterocycles. The molecule has 0 saturated carbocycles. The normalized spacial score (nSPS) is 11.4. The second-order valence-corrected chi connectivity index (χ2v) is 7.43. The minimum Gasteiger partial charge on any atom is -0.352 e. The van der Waals surface area contributed by atoms with Crippen LogP contribution in [0.3, 0.4) is 0 Å². The van der Waals surface area contributed by atoms with Gasteiger partial charge in [-0.3, -0.25) is 4.99 Å². The molecular weight excluding hydrogens is 427 g/mol. The number of aliphatic imine (C=N–C) groups is 1. The number of halogens is 1. The third-order valence-corrected chi connectivity index (χ3v) is 4.89. The van der Waals surface area contributed by atoms with E-state index in [1.807, 2.05) is 0 Å². The molecule has 0 atom stereocenters. The Balaban J connectivity index is 0.00000242. The van der Waals surface area contributed by atoms with Crippen LogP contribution in [0.15, 0.2) is 22.5 Å². The first-order valence-corrected chi connectivity index (χ1v) is 8.72. The van der Waals surface area contributed by atoms with Crippen molar-refractivity contribution in [3.8, 4) is 0 Å². The maximum atomic E-state index is 4.61. The SMILES string of the molecule is CN=C(NCc1ccc(C)s1)NCc1nc(C(C)C)cs1.I. The van der Waals surface area contributed by atoms with Crippen LogP contribution in [0.5, 0.6) is 0 Å². The summed E-state index contributed by atoms with van der Waals surface area (Å²) in [6.45, 7) is 7.95. The van der Waals surface area contributed by atoms with Crippen LogP contribution in [0, 0.1) is 6.92 Å². The van der Waals surface area contributed by atoms with Gasteiger partial charge in [-0.05, 0) is 25.0 Å². The van der Waals surface area contributed by atoms with Crippen LogP contribution in [-0.4, -0.2) is 18.0 Å². The number of aryl methyl sites for hydroxylation is 1.